The van der Waals surface area contributed by atoms with E-state index in [9.17, 15) is 22.8 Å². The van der Waals surface area contributed by atoms with Gasteiger partial charge in [-0.15, -0.1) is 5.10 Å². The van der Waals surface area contributed by atoms with E-state index in [2.05, 4.69) is 10.4 Å². The van der Waals surface area contributed by atoms with Gasteiger partial charge in [0.1, 0.15) is 5.75 Å². The predicted octanol–water partition coefficient (Wildman–Crippen LogP) is 4.34. The van der Waals surface area contributed by atoms with E-state index in [-0.39, 0.29) is 36.3 Å². The molecule has 4 rings (SSSR count). The Bertz CT molecular complexity index is 1210. The molecule has 1 N–H and O–H groups in total. The first-order chi connectivity index (χ1) is 15.6. The van der Waals surface area contributed by atoms with Gasteiger partial charge in [0, 0.05) is 24.7 Å². The number of carbonyl (C=O) groups is 2. The zero-order valence-electron chi connectivity index (χ0n) is 17.9. The highest BCUT2D eigenvalue weighted by atomic mass is 19.4. The minimum absolute atomic E-state index is 0.00224. The van der Waals surface area contributed by atoms with Crippen molar-refractivity contribution in [3.63, 3.8) is 0 Å². The molecule has 3 aromatic rings. The highest BCUT2D eigenvalue weighted by Crippen LogP contribution is 2.34. The highest BCUT2D eigenvalue weighted by molar-refractivity contribution is 6.00. The molecule has 0 bridgehead atoms. The average molecular weight is 458 g/mol. The van der Waals surface area contributed by atoms with Gasteiger partial charge in [-0.1, -0.05) is 18.2 Å². The summed E-state index contributed by atoms with van der Waals surface area (Å²) in [4.78, 5) is 26.6. The number of nitrogens with zero attached hydrogens (tertiary/aromatic N) is 3. The van der Waals surface area contributed by atoms with Crippen molar-refractivity contribution in [1.29, 1.82) is 0 Å². The zero-order chi connectivity index (χ0) is 23.8. The molecule has 1 aliphatic heterocycles. The summed E-state index contributed by atoms with van der Waals surface area (Å²) < 4.78 is 46.0. The van der Waals surface area contributed by atoms with Crippen molar-refractivity contribution < 1.29 is 27.5 Å². The number of alkyl halides is 3. The number of fused-ring (bicyclic) bond motifs is 1. The highest BCUT2D eigenvalue weighted by Gasteiger charge is 2.32. The van der Waals surface area contributed by atoms with E-state index in [1.165, 1.54) is 21.7 Å². The summed E-state index contributed by atoms with van der Waals surface area (Å²) in [5.41, 5.74) is 0.589. The van der Waals surface area contributed by atoms with Gasteiger partial charge in [-0.05, 0) is 44.2 Å². The number of hydrogen-bond acceptors (Lipinski definition) is 4. The number of hydrogen-bond donors (Lipinski definition) is 1. The SMILES string of the molecule is Cc1cc(NC(=O)CCN2C(=O)C(C)Oc3ccccc32)nn1-c1cccc(C(F)(F)F)c1. The molecule has 2 heterocycles. The summed E-state index contributed by atoms with van der Waals surface area (Å²) in [6, 6.07) is 13.4. The Kier molecular flexibility index (Phi) is 5.84. The number of nitrogens with one attached hydrogen (secondary N) is 1. The molecule has 0 fully saturated rings. The van der Waals surface area contributed by atoms with Crippen LogP contribution in [0.5, 0.6) is 5.75 Å². The van der Waals surface area contributed by atoms with E-state index in [1.54, 1.807) is 44.2 Å². The first kappa shape index (κ1) is 22.4. The van der Waals surface area contributed by atoms with Crippen molar-refractivity contribution >= 4 is 23.3 Å². The van der Waals surface area contributed by atoms with Crippen LogP contribution in [0.1, 0.15) is 24.6 Å². The number of benzene rings is 2. The van der Waals surface area contributed by atoms with Crippen LogP contribution in [-0.4, -0.2) is 34.2 Å². The number of halogens is 3. The van der Waals surface area contributed by atoms with Gasteiger partial charge in [-0.25, -0.2) is 4.68 Å². The van der Waals surface area contributed by atoms with Crippen molar-refractivity contribution in [2.75, 3.05) is 16.8 Å². The monoisotopic (exact) mass is 458 g/mol. The fraction of sp³-hybridized carbons (Fsp3) is 0.261. The molecule has 0 spiro atoms. The van der Waals surface area contributed by atoms with Crippen LogP contribution in [0.25, 0.3) is 5.69 Å². The minimum atomic E-state index is -4.47. The molecule has 0 saturated heterocycles. The number of carbonyl (C=O) groups excluding carboxylic acids is 2. The second-order valence-corrected chi connectivity index (χ2v) is 7.65. The van der Waals surface area contributed by atoms with Gasteiger partial charge in [0.15, 0.2) is 11.9 Å². The van der Waals surface area contributed by atoms with Crippen LogP contribution in [0, 0.1) is 6.92 Å². The molecule has 0 saturated carbocycles. The largest absolute Gasteiger partial charge is 0.479 e. The van der Waals surface area contributed by atoms with Crippen molar-refractivity contribution in [1.82, 2.24) is 9.78 Å². The lowest BCUT2D eigenvalue weighted by molar-refractivity contribution is -0.137. The second-order valence-electron chi connectivity index (χ2n) is 7.65. The van der Waals surface area contributed by atoms with E-state index >= 15 is 0 Å². The molecule has 1 atom stereocenters. The maximum absolute atomic E-state index is 13.0. The Morgan fingerprint density at radius 2 is 1.91 bits per heavy atom. The van der Waals surface area contributed by atoms with Crippen LogP contribution >= 0.6 is 0 Å². The lowest BCUT2D eigenvalue weighted by atomic mass is 10.1. The standard InChI is InChI=1S/C23H21F3N4O3/c1-14-12-20(28-30(14)17-7-5-6-16(13-17)23(24,25)26)27-21(31)10-11-29-18-8-3-4-9-19(18)33-15(2)22(29)32/h3-9,12-13,15H,10-11H2,1-2H3,(H,27,28,31). The molecule has 2 amide bonds. The van der Waals surface area contributed by atoms with Crippen LogP contribution in [0.3, 0.4) is 0 Å². The first-order valence-electron chi connectivity index (χ1n) is 10.2. The molecular weight excluding hydrogens is 437 g/mol. The van der Waals surface area contributed by atoms with Gasteiger partial charge in [-0.2, -0.15) is 13.2 Å². The number of para-hydroxylation sites is 2. The Morgan fingerprint density at radius 3 is 2.67 bits per heavy atom. The van der Waals surface area contributed by atoms with Crippen LogP contribution in [0.2, 0.25) is 0 Å². The summed E-state index contributed by atoms with van der Waals surface area (Å²) in [5, 5.41) is 6.86. The van der Waals surface area contributed by atoms with Gasteiger partial charge in [0.25, 0.3) is 5.91 Å². The number of aryl methyl sites for hydroxylation is 1. The lowest BCUT2D eigenvalue weighted by Crippen LogP contribution is -2.45. The Hall–Kier alpha value is -3.82. The van der Waals surface area contributed by atoms with Crippen molar-refractivity contribution in [3.05, 3.63) is 65.9 Å². The Balaban J connectivity index is 1.45. The molecule has 7 nitrogen and oxygen atoms in total. The van der Waals surface area contributed by atoms with Crippen LogP contribution in [0.15, 0.2) is 54.6 Å². The fourth-order valence-electron chi connectivity index (χ4n) is 3.62. The summed E-state index contributed by atoms with van der Waals surface area (Å²) in [5.74, 6) is 0.150. The topological polar surface area (TPSA) is 76.5 Å². The van der Waals surface area contributed by atoms with Gasteiger partial charge in [0.2, 0.25) is 5.91 Å². The molecule has 1 unspecified atom stereocenters. The van der Waals surface area contributed by atoms with Gasteiger partial charge in [0.05, 0.1) is 16.9 Å². The third kappa shape index (κ3) is 4.69. The van der Waals surface area contributed by atoms with Gasteiger partial charge >= 0.3 is 6.18 Å². The summed E-state index contributed by atoms with van der Waals surface area (Å²) in [6.07, 6.45) is -5.13. The summed E-state index contributed by atoms with van der Waals surface area (Å²) in [7, 11) is 0. The number of aromatic nitrogens is 2. The zero-order valence-corrected chi connectivity index (χ0v) is 17.9. The normalized spacial score (nSPS) is 15.7. The number of rotatable bonds is 5. The fourth-order valence-corrected chi connectivity index (χ4v) is 3.62. The molecule has 0 radical (unpaired) electrons. The number of ether oxygens (including phenoxy) is 1. The molecule has 172 valence electrons. The van der Waals surface area contributed by atoms with E-state index in [0.29, 0.717) is 17.1 Å². The Morgan fingerprint density at radius 1 is 1.15 bits per heavy atom. The first-order valence-corrected chi connectivity index (χ1v) is 10.2. The van der Waals surface area contributed by atoms with Crippen LogP contribution in [0.4, 0.5) is 24.7 Å². The molecular formula is C23H21F3N4O3. The summed E-state index contributed by atoms with van der Waals surface area (Å²) in [6.45, 7) is 3.46. The van der Waals surface area contributed by atoms with Crippen molar-refractivity contribution in [2.45, 2.75) is 32.5 Å². The maximum atomic E-state index is 13.0. The van der Waals surface area contributed by atoms with Crippen molar-refractivity contribution in [3.8, 4) is 11.4 Å². The van der Waals surface area contributed by atoms with Gasteiger partial charge in [-0.3, -0.25) is 9.59 Å². The second kappa shape index (κ2) is 8.61. The quantitative estimate of drug-likeness (QED) is 0.617. The smallest absolute Gasteiger partial charge is 0.416 e. The molecule has 10 heteroatoms. The van der Waals surface area contributed by atoms with Crippen molar-refractivity contribution in [2.24, 2.45) is 0 Å². The maximum Gasteiger partial charge on any atom is 0.416 e. The molecule has 2 aromatic carbocycles. The van der Waals surface area contributed by atoms with Crippen LogP contribution < -0.4 is 15.0 Å². The van der Waals surface area contributed by atoms with E-state index in [4.69, 9.17) is 4.74 Å². The molecule has 1 aromatic heterocycles. The van der Waals surface area contributed by atoms with E-state index < -0.39 is 17.8 Å². The lowest BCUT2D eigenvalue weighted by Gasteiger charge is -2.32. The third-order valence-corrected chi connectivity index (χ3v) is 5.21. The third-order valence-electron chi connectivity index (χ3n) is 5.21. The number of anilines is 2. The number of amides is 2. The molecule has 33 heavy (non-hydrogen) atoms. The predicted molar refractivity (Wildman–Crippen MR) is 115 cm³/mol. The van der Waals surface area contributed by atoms with E-state index in [0.717, 1.165) is 12.1 Å². The van der Waals surface area contributed by atoms with Gasteiger partial charge < -0.3 is 15.0 Å². The molecule has 1 aliphatic rings. The average Bonchev–Trinajstić information content (AvgIpc) is 3.13. The summed E-state index contributed by atoms with van der Waals surface area (Å²) >= 11 is 0. The van der Waals surface area contributed by atoms with E-state index in [1.807, 2.05) is 0 Å². The minimum Gasteiger partial charge on any atom is -0.479 e. The van der Waals surface area contributed by atoms with Crippen LogP contribution in [-0.2, 0) is 15.8 Å². The molecule has 0 aliphatic carbocycles. The Labute approximate surface area is 187 Å².